The minimum absolute atomic E-state index is 0. The summed E-state index contributed by atoms with van der Waals surface area (Å²) in [6.07, 6.45) is 0. The fourth-order valence-corrected chi connectivity index (χ4v) is 0.587. The third kappa shape index (κ3) is 15.3. The third-order valence-corrected chi connectivity index (χ3v) is 1.19. The van der Waals surface area contributed by atoms with E-state index in [0.717, 1.165) is 11.3 Å². The van der Waals surface area contributed by atoms with Gasteiger partial charge in [0.25, 0.3) is 0 Å². The molecule has 1 aromatic carbocycles. The molecular formula is C10H15CrNO3. The van der Waals surface area contributed by atoms with Crippen LogP contribution in [-0.2, 0) is 31.7 Å². The molecule has 1 aromatic rings. The number of carbonyl (C=O) groups is 3. The van der Waals surface area contributed by atoms with Gasteiger partial charge in [-0.05, 0) is 18.6 Å². The van der Waals surface area contributed by atoms with Crippen molar-refractivity contribution in [1.29, 1.82) is 0 Å². The van der Waals surface area contributed by atoms with E-state index >= 15 is 0 Å². The molecule has 5 heteroatoms. The molecule has 0 amide bonds. The van der Waals surface area contributed by atoms with Gasteiger partial charge in [0.1, 0.15) is 20.4 Å². The molecule has 0 fully saturated rings. The summed E-state index contributed by atoms with van der Waals surface area (Å²) < 4.78 is 0. The average Bonchev–Trinajstić information content (AvgIpc) is 2.31. The fraction of sp³-hybridized carbons (Fsp3) is 0.100. The summed E-state index contributed by atoms with van der Waals surface area (Å²) in [5.41, 5.74) is 7.53. The van der Waals surface area contributed by atoms with Gasteiger partial charge in [-0.1, -0.05) is 18.2 Å². The first-order valence-electron chi connectivity index (χ1n) is 3.48. The van der Waals surface area contributed by atoms with Crippen molar-refractivity contribution in [3.05, 3.63) is 29.8 Å². The van der Waals surface area contributed by atoms with E-state index in [1.165, 1.54) is 0 Å². The Morgan fingerprint density at radius 3 is 1.47 bits per heavy atom. The second-order valence-corrected chi connectivity index (χ2v) is 1.86. The molecule has 0 radical (unpaired) electrons. The zero-order valence-corrected chi connectivity index (χ0v) is 9.92. The summed E-state index contributed by atoms with van der Waals surface area (Å²) in [5, 5.41) is 0. The Labute approximate surface area is 101 Å². The molecule has 0 saturated carbocycles. The van der Waals surface area contributed by atoms with Gasteiger partial charge in [0.15, 0.2) is 0 Å². The predicted octanol–water partition coefficient (Wildman–Crippen LogP) is 1.02. The third-order valence-electron chi connectivity index (χ3n) is 1.19. The summed E-state index contributed by atoms with van der Waals surface area (Å²) in [7, 11) is 0. The Kier molecular flexibility index (Phi) is 35.7. The van der Waals surface area contributed by atoms with Crippen LogP contribution in [0.25, 0.3) is 0 Å². The smallest absolute Gasteiger partial charge is 0.106 e. The van der Waals surface area contributed by atoms with Gasteiger partial charge in [-0.25, -0.2) is 0 Å². The number of aryl methyl sites for hydroxylation is 1. The Morgan fingerprint density at radius 1 is 0.933 bits per heavy atom. The van der Waals surface area contributed by atoms with Crippen LogP contribution < -0.4 is 5.73 Å². The molecule has 0 aliphatic heterocycles. The van der Waals surface area contributed by atoms with E-state index in [4.69, 9.17) is 20.1 Å². The van der Waals surface area contributed by atoms with Crippen LogP contribution in [-0.4, -0.2) is 20.4 Å². The van der Waals surface area contributed by atoms with E-state index in [-0.39, 0.29) is 17.4 Å². The first-order chi connectivity index (χ1) is 6.80. The van der Waals surface area contributed by atoms with Crippen LogP contribution in [0.1, 0.15) is 5.56 Å². The number of rotatable bonds is 0. The molecule has 0 heterocycles. The van der Waals surface area contributed by atoms with Crippen molar-refractivity contribution in [2.75, 3.05) is 5.73 Å². The average molecular weight is 249 g/mol. The summed E-state index contributed by atoms with van der Waals surface area (Å²) in [6.45, 7) is 8.00. The monoisotopic (exact) mass is 249 g/mol. The SMILES string of the molecule is C=O.C=O.C=O.Cc1ccccc1N.[Cr]. The molecule has 1 rings (SSSR count). The minimum atomic E-state index is 0. The van der Waals surface area contributed by atoms with E-state index in [0.29, 0.717) is 0 Å². The van der Waals surface area contributed by atoms with Crippen LogP contribution in [0.5, 0.6) is 0 Å². The van der Waals surface area contributed by atoms with Gasteiger partial charge in [0, 0.05) is 23.0 Å². The summed E-state index contributed by atoms with van der Waals surface area (Å²) in [4.78, 5) is 24.0. The first-order valence-corrected chi connectivity index (χ1v) is 3.48. The van der Waals surface area contributed by atoms with Crippen LogP contribution in [0, 0.1) is 6.92 Å². The molecular weight excluding hydrogens is 234 g/mol. The fourth-order valence-electron chi connectivity index (χ4n) is 0.587. The number of hydrogen-bond donors (Lipinski definition) is 1. The van der Waals surface area contributed by atoms with E-state index < -0.39 is 0 Å². The number of hydrogen-bond acceptors (Lipinski definition) is 4. The number of para-hydroxylation sites is 1. The normalized spacial score (nSPS) is 5.67. The molecule has 4 nitrogen and oxygen atoms in total. The van der Waals surface area contributed by atoms with Crippen molar-refractivity contribution in [2.45, 2.75) is 6.92 Å². The zero-order chi connectivity index (χ0) is 12.0. The van der Waals surface area contributed by atoms with Crippen molar-refractivity contribution in [3.8, 4) is 0 Å². The maximum Gasteiger partial charge on any atom is 0.106 e. The molecule has 15 heavy (non-hydrogen) atoms. The second kappa shape index (κ2) is 22.9. The van der Waals surface area contributed by atoms with Gasteiger partial charge in [0.2, 0.25) is 0 Å². The summed E-state index contributed by atoms with van der Waals surface area (Å²) >= 11 is 0. The Hall–Kier alpha value is -1.44. The van der Waals surface area contributed by atoms with Crippen molar-refractivity contribution >= 4 is 26.1 Å². The summed E-state index contributed by atoms with van der Waals surface area (Å²) in [5.74, 6) is 0. The molecule has 0 unspecified atom stereocenters. The molecule has 0 atom stereocenters. The van der Waals surface area contributed by atoms with Gasteiger partial charge < -0.3 is 20.1 Å². The second-order valence-electron chi connectivity index (χ2n) is 1.86. The molecule has 0 bridgehead atoms. The molecule has 84 valence electrons. The molecule has 0 spiro atoms. The van der Waals surface area contributed by atoms with Crippen molar-refractivity contribution in [1.82, 2.24) is 0 Å². The van der Waals surface area contributed by atoms with E-state index in [9.17, 15) is 0 Å². The standard InChI is InChI=1S/C7H9N.3CH2O.Cr/c1-6-4-2-3-5-7(6)8;3*1-2;/h2-5H,8H2,1H3;3*1H2;. The Bertz CT molecular complexity index is 208. The predicted molar refractivity (Wildman–Crippen MR) is 57.0 cm³/mol. The van der Waals surface area contributed by atoms with Crippen molar-refractivity contribution in [2.24, 2.45) is 0 Å². The van der Waals surface area contributed by atoms with Gasteiger partial charge in [0.05, 0.1) is 0 Å². The van der Waals surface area contributed by atoms with Gasteiger partial charge in [-0.2, -0.15) is 0 Å². The van der Waals surface area contributed by atoms with Crippen LogP contribution in [0.4, 0.5) is 5.69 Å². The van der Waals surface area contributed by atoms with E-state index in [1.807, 2.05) is 51.6 Å². The molecule has 0 aliphatic carbocycles. The van der Waals surface area contributed by atoms with Gasteiger partial charge in [-0.15, -0.1) is 0 Å². The van der Waals surface area contributed by atoms with Gasteiger partial charge in [-0.3, -0.25) is 0 Å². The molecule has 0 saturated heterocycles. The van der Waals surface area contributed by atoms with E-state index in [2.05, 4.69) is 0 Å². The van der Waals surface area contributed by atoms with Crippen LogP contribution in [0.3, 0.4) is 0 Å². The van der Waals surface area contributed by atoms with Crippen LogP contribution >= 0.6 is 0 Å². The van der Waals surface area contributed by atoms with E-state index in [1.54, 1.807) is 0 Å². The maximum absolute atomic E-state index is 8.00. The molecule has 2 N–H and O–H groups in total. The number of nitrogen functional groups attached to an aromatic ring is 1. The summed E-state index contributed by atoms with van der Waals surface area (Å²) in [6, 6.07) is 7.80. The van der Waals surface area contributed by atoms with Crippen molar-refractivity contribution in [3.63, 3.8) is 0 Å². The van der Waals surface area contributed by atoms with Gasteiger partial charge >= 0.3 is 0 Å². The zero-order valence-electron chi connectivity index (χ0n) is 8.64. The number of anilines is 1. The number of benzene rings is 1. The van der Waals surface area contributed by atoms with Crippen molar-refractivity contribution < 1.29 is 31.7 Å². The van der Waals surface area contributed by atoms with Crippen LogP contribution in [0.2, 0.25) is 0 Å². The maximum atomic E-state index is 8.00. The number of carbonyl (C=O) groups excluding carboxylic acids is 3. The number of nitrogens with two attached hydrogens (primary N) is 1. The Morgan fingerprint density at radius 2 is 1.27 bits per heavy atom. The molecule has 0 aliphatic rings. The minimum Gasteiger partial charge on any atom is -0.399 e. The molecule has 0 aromatic heterocycles. The topological polar surface area (TPSA) is 77.2 Å². The first kappa shape index (κ1) is 23.4. The Balaban J connectivity index is -0.0000000755. The largest absolute Gasteiger partial charge is 0.399 e. The van der Waals surface area contributed by atoms with Crippen LogP contribution in [0.15, 0.2) is 24.3 Å². The quantitative estimate of drug-likeness (QED) is 0.696.